The average molecular weight is 367 g/mol. The van der Waals surface area contributed by atoms with Crippen LogP contribution in [0, 0.1) is 5.92 Å². The number of ether oxygens (including phenoxy) is 1. The van der Waals surface area contributed by atoms with Gasteiger partial charge in [-0.2, -0.15) is 0 Å². The molecule has 2 fully saturated rings. The fraction of sp³-hybridized carbons (Fsp3) is 0.476. The molecular weight excluding hydrogens is 342 g/mol. The summed E-state index contributed by atoms with van der Waals surface area (Å²) in [5.41, 5.74) is 1.90. The van der Waals surface area contributed by atoms with Gasteiger partial charge in [0.2, 0.25) is 0 Å². The Bertz CT molecular complexity index is 836. The summed E-state index contributed by atoms with van der Waals surface area (Å²) < 4.78 is 5.76. The van der Waals surface area contributed by atoms with Crippen LogP contribution < -0.4 is 5.56 Å². The van der Waals surface area contributed by atoms with Crippen molar-refractivity contribution in [3.8, 4) is 11.3 Å². The molecule has 1 aliphatic heterocycles. The first-order valence-electron chi connectivity index (χ1n) is 9.75. The molecule has 6 nitrogen and oxygen atoms in total. The van der Waals surface area contributed by atoms with Gasteiger partial charge in [-0.15, -0.1) is 0 Å². The number of nitrogens with zero attached hydrogens (tertiary/aromatic N) is 2. The van der Waals surface area contributed by atoms with Gasteiger partial charge in [-0.1, -0.05) is 18.6 Å². The molecule has 2 aliphatic rings. The molecule has 1 N–H and O–H groups in total. The van der Waals surface area contributed by atoms with E-state index in [2.05, 4.69) is 9.97 Å². The summed E-state index contributed by atoms with van der Waals surface area (Å²) in [4.78, 5) is 33.2. The highest BCUT2D eigenvalue weighted by Gasteiger charge is 2.28. The zero-order chi connectivity index (χ0) is 18.6. The second-order valence-electron chi connectivity index (χ2n) is 7.52. The van der Waals surface area contributed by atoms with E-state index < -0.39 is 0 Å². The van der Waals surface area contributed by atoms with E-state index >= 15 is 0 Å². The van der Waals surface area contributed by atoms with Crippen LogP contribution in [-0.2, 0) is 4.74 Å². The highest BCUT2D eigenvalue weighted by atomic mass is 16.5. The van der Waals surface area contributed by atoms with Crippen molar-refractivity contribution >= 4 is 5.91 Å². The Morgan fingerprint density at radius 3 is 2.59 bits per heavy atom. The van der Waals surface area contributed by atoms with E-state index in [1.165, 1.54) is 31.7 Å². The van der Waals surface area contributed by atoms with Crippen LogP contribution in [0.15, 0.2) is 41.5 Å². The fourth-order valence-electron chi connectivity index (χ4n) is 3.75. The Kier molecular flexibility index (Phi) is 5.34. The lowest BCUT2D eigenvalue weighted by atomic mass is 9.85. The Hall–Kier alpha value is -2.47. The molecule has 142 valence electrons. The maximum absolute atomic E-state index is 13.1. The van der Waals surface area contributed by atoms with Gasteiger partial charge in [-0.05, 0) is 43.7 Å². The third-order valence-electron chi connectivity index (χ3n) is 5.54. The number of benzene rings is 1. The number of aromatic amines is 1. The van der Waals surface area contributed by atoms with Gasteiger partial charge in [0, 0.05) is 36.9 Å². The molecule has 0 bridgehead atoms. The molecule has 1 aromatic heterocycles. The number of H-pyrrole nitrogens is 1. The summed E-state index contributed by atoms with van der Waals surface area (Å²) >= 11 is 0. The minimum atomic E-state index is -0.191. The monoisotopic (exact) mass is 367 g/mol. The predicted molar refractivity (Wildman–Crippen MR) is 103 cm³/mol. The SMILES string of the molecule is O=C(c1ccc(-c2cc(=O)[nH]cn2)cc1)N(CC1CCC1)C[C@H]1CCCO1. The van der Waals surface area contributed by atoms with Crippen LogP contribution in [-0.4, -0.2) is 46.6 Å². The van der Waals surface area contributed by atoms with Gasteiger partial charge in [0.05, 0.1) is 18.1 Å². The van der Waals surface area contributed by atoms with Gasteiger partial charge >= 0.3 is 0 Å². The molecule has 1 saturated carbocycles. The van der Waals surface area contributed by atoms with Crippen LogP contribution >= 0.6 is 0 Å². The first-order chi connectivity index (χ1) is 13.2. The lowest BCUT2D eigenvalue weighted by Gasteiger charge is -2.33. The van der Waals surface area contributed by atoms with Crippen LogP contribution in [0.25, 0.3) is 11.3 Å². The molecule has 4 rings (SSSR count). The average Bonchev–Trinajstić information content (AvgIpc) is 3.16. The first-order valence-corrected chi connectivity index (χ1v) is 9.75. The minimum absolute atomic E-state index is 0.0582. The molecule has 0 radical (unpaired) electrons. The van der Waals surface area contributed by atoms with E-state index in [1.807, 2.05) is 29.2 Å². The van der Waals surface area contributed by atoms with E-state index in [-0.39, 0.29) is 17.6 Å². The largest absolute Gasteiger partial charge is 0.376 e. The van der Waals surface area contributed by atoms with Crippen molar-refractivity contribution in [1.29, 1.82) is 0 Å². The number of carbonyl (C=O) groups is 1. The Labute approximate surface area is 158 Å². The number of nitrogens with one attached hydrogen (secondary N) is 1. The lowest BCUT2D eigenvalue weighted by Crippen LogP contribution is -2.41. The zero-order valence-corrected chi connectivity index (χ0v) is 15.4. The van der Waals surface area contributed by atoms with Gasteiger partial charge in [0.1, 0.15) is 0 Å². The van der Waals surface area contributed by atoms with Crippen LogP contribution in [0.1, 0.15) is 42.5 Å². The summed E-state index contributed by atoms with van der Waals surface area (Å²) in [7, 11) is 0. The normalized spacial score (nSPS) is 19.6. The molecule has 2 heterocycles. The van der Waals surface area contributed by atoms with E-state index in [9.17, 15) is 9.59 Å². The van der Waals surface area contributed by atoms with E-state index in [0.29, 0.717) is 23.7 Å². The lowest BCUT2D eigenvalue weighted by molar-refractivity contribution is 0.0448. The van der Waals surface area contributed by atoms with Crippen molar-refractivity contribution in [1.82, 2.24) is 14.9 Å². The summed E-state index contributed by atoms with van der Waals surface area (Å²) in [6, 6.07) is 8.80. The summed E-state index contributed by atoms with van der Waals surface area (Å²) in [5, 5.41) is 0. The maximum atomic E-state index is 13.1. The second-order valence-corrected chi connectivity index (χ2v) is 7.52. The predicted octanol–water partition coefficient (Wildman–Crippen LogP) is 2.86. The number of hydrogen-bond donors (Lipinski definition) is 1. The fourth-order valence-corrected chi connectivity index (χ4v) is 3.75. The molecule has 6 heteroatoms. The van der Waals surface area contributed by atoms with E-state index in [0.717, 1.165) is 31.6 Å². The van der Waals surface area contributed by atoms with Gasteiger partial charge in [-0.25, -0.2) is 4.98 Å². The quantitative estimate of drug-likeness (QED) is 0.852. The molecule has 1 amide bonds. The number of carbonyl (C=O) groups excluding carboxylic acids is 1. The number of hydrogen-bond acceptors (Lipinski definition) is 4. The van der Waals surface area contributed by atoms with Crippen molar-refractivity contribution in [3.63, 3.8) is 0 Å². The Morgan fingerprint density at radius 1 is 1.15 bits per heavy atom. The molecule has 27 heavy (non-hydrogen) atoms. The molecule has 1 aromatic carbocycles. The molecule has 2 aromatic rings. The standard InChI is InChI=1S/C21H25N3O3/c25-20-11-19(22-14-23-20)16-6-8-17(9-7-16)21(26)24(12-15-3-1-4-15)13-18-5-2-10-27-18/h6-9,11,14-15,18H,1-5,10,12-13H2,(H,22,23,25)/t18-/m1/s1. The molecule has 1 aliphatic carbocycles. The Morgan fingerprint density at radius 2 is 1.96 bits per heavy atom. The maximum Gasteiger partial charge on any atom is 0.253 e. The van der Waals surface area contributed by atoms with E-state index in [4.69, 9.17) is 4.74 Å². The van der Waals surface area contributed by atoms with Gasteiger partial charge in [0.25, 0.3) is 11.5 Å². The molecule has 0 spiro atoms. The van der Waals surface area contributed by atoms with Crippen molar-refractivity contribution in [2.75, 3.05) is 19.7 Å². The third kappa shape index (κ3) is 4.27. The third-order valence-corrected chi connectivity index (χ3v) is 5.54. The van der Waals surface area contributed by atoms with Crippen LogP contribution in [0.2, 0.25) is 0 Å². The minimum Gasteiger partial charge on any atom is -0.376 e. The van der Waals surface area contributed by atoms with Crippen LogP contribution in [0.5, 0.6) is 0 Å². The van der Waals surface area contributed by atoms with Crippen molar-refractivity contribution in [2.45, 2.75) is 38.2 Å². The number of rotatable bonds is 6. The topological polar surface area (TPSA) is 75.3 Å². The molecular formula is C21H25N3O3. The van der Waals surface area contributed by atoms with Crippen LogP contribution in [0.3, 0.4) is 0 Å². The summed E-state index contributed by atoms with van der Waals surface area (Å²) in [6.07, 6.45) is 7.34. The molecule has 1 atom stereocenters. The van der Waals surface area contributed by atoms with Crippen molar-refractivity contribution < 1.29 is 9.53 Å². The number of aromatic nitrogens is 2. The Balaban J connectivity index is 1.50. The van der Waals surface area contributed by atoms with Crippen LogP contribution in [0.4, 0.5) is 0 Å². The van der Waals surface area contributed by atoms with Gasteiger partial charge < -0.3 is 14.6 Å². The molecule has 0 unspecified atom stereocenters. The van der Waals surface area contributed by atoms with Crippen molar-refractivity contribution in [2.24, 2.45) is 5.92 Å². The highest BCUT2D eigenvalue weighted by Crippen LogP contribution is 2.28. The van der Waals surface area contributed by atoms with Crippen molar-refractivity contribution in [3.05, 3.63) is 52.6 Å². The summed E-state index contributed by atoms with van der Waals surface area (Å²) in [5.74, 6) is 0.678. The van der Waals surface area contributed by atoms with Gasteiger partial charge in [0.15, 0.2) is 0 Å². The van der Waals surface area contributed by atoms with Gasteiger partial charge in [-0.3, -0.25) is 9.59 Å². The zero-order valence-electron chi connectivity index (χ0n) is 15.4. The highest BCUT2D eigenvalue weighted by molar-refractivity contribution is 5.94. The number of amides is 1. The second kappa shape index (κ2) is 8.05. The smallest absolute Gasteiger partial charge is 0.253 e. The van der Waals surface area contributed by atoms with E-state index in [1.54, 1.807) is 0 Å². The summed E-state index contributed by atoms with van der Waals surface area (Å²) in [6.45, 7) is 2.29. The first kappa shape index (κ1) is 17.9. The molecule has 1 saturated heterocycles.